The van der Waals surface area contributed by atoms with Crippen LogP contribution in [0.1, 0.15) is 23.2 Å². The molecular formula is C13H15N3O3. The Balaban J connectivity index is 1.85. The number of nitrogens with zero attached hydrogens (tertiary/aromatic N) is 2. The normalized spacial score (nSPS) is 25.9. The topological polar surface area (TPSA) is 82.5 Å². The van der Waals surface area contributed by atoms with Gasteiger partial charge in [-0.15, -0.1) is 0 Å². The highest BCUT2D eigenvalue weighted by atomic mass is 16.3. The van der Waals surface area contributed by atoms with Gasteiger partial charge in [-0.05, 0) is 18.9 Å². The van der Waals surface area contributed by atoms with Crippen LogP contribution in [0.15, 0.2) is 18.5 Å². The zero-order valence-corrected chi connectivity index (χ0v) is 10.4. The number of amides is 2. The number of likely N-dealkylation sites (tertiary alicyclic amines) is 1. The van der Waals surface area contributed by atoms with Gasteiger partial charge in [-0.1, -0.05) is 0 Å². The number of fused-ring (bicyclic) bond motifs is 1. The Morgan fingerprint density at radius 1 is 1.47 bits per heavy atom. The molecule has 0 aromatic carbocycles. The van der Waals surface area contributed by atoms with E-state index in [1.54, 1.807) is 4.90 Å². The molecule has 2 unspecified atom stereocenters. The fourth-order valence-electron chi connectivity index (χ4n) is 2.91. The molecular weight excluding hydrogens is 246 g/mol. The van der Waals surface area contributed by atoms with Gasteiger partial charge in [0.05, 0.1) is 23.7 Å². The fraction of sp³-hybridized carbons (Fsp3) is 0.462. The molecule has 6 heteroatoms. The highest BCUT2D eigenvalue weighted by molar-refractivity contribution is 5.95. The number of nitrogens with one attached hydrogen (secondary N) is 1. The van der Waals surface area contributed by atoms with Crippen LogP contribution in [0.3, 0.4) is 0 Å². The van der Waals surface area contributed by atoms with Crippen molar-refractivity contribution in [2.45, 2.75) is 18.9 Å². The van der Waals surface area contributed by atoms with Gasteiger partial charge in [0.1, 0.15) is 5.75 Å². The summed E-state index contributed by atoms with van der Waals surface area (Å²) in [6.07, 6.45) is 4.39. The lowest BCUT2D eigenvalue weighted by Gasteiger charge is -2.35. The molecule has 2 atom stereocenters. The Morgan fingerprint density at radius 2 is 2.32 bits per heavy atom. The van der Waals surface area contributed by atoms with E-state index in [4.69, 9.17) is 0 Å². The second-order valence-corrected chi connectivity index (χ2v) is 4.99. The van der Waals surface area contributed by atoms with Gasteiger partial charge in [0.25, 0.3) is 5.91 Å². The summed E-state index contributed by atoms with van der Waals surface area (Å²) in [5.41, 5.74) is 0.361. The summed E-state index contributed by atoms with van der Waals surface area (Å²) in [7, 11) is 0. The fourth-order valence-corrected chi connectivity index (χ4v) is 2.91. The van der Waals surface area contributed by atoms with E-state index in [1.165, 1.54) is 18.5 Å². The van der Waals surface area contributed by atoms with Gasteiger partial charge in [-0.25, -0.2) is 0 Å². The number of carbonyl (C=O) groups is 2. The van der Waals surface area contributed by atoms with E-state index in [0.717, 1.165) is 12.8 Å². The van der Waals surface area contributed by atoms with Crippen LogP contribution in [-0.4, -0.2) is 45.9 Å². The lowest BCUT2D eigenvalue weighted by molar-refractivity contribution is -0.123. The number of hydrogen-bond donors (Lipinski definition) is 2. The van der Waals surface area contributed by atoms with Crippen molar-refractivity contribution in [3.05, 3.63) is 24.0 Å². The maximum Gasteiger partial charge on any atom is 0.255 e. The molecule has 2 amide bonds. The Labute approximate surface area is 110 Å². The summed E-state index contributed by atoms with van der Waals surface area (Å²) in [6.45, 7) is 1.16. The molecule has 6 nitrogen and oxygen atoms in total. The summed E-state index contributed by atoms with van der Waals surface area (Å²) in [5.74, 6) is -0.255. The largest absolute Gasteiger partial charge is 0.506 e. The second-order valence-electron chi connectivity index (χ2n) is 4.99. The number of rotatable bonds is 1. The Kier molecular flexibility index (Phi) is 2.85. The van der Waals surface area contributed by atoms with Crippen LogP contribution >= 0.6 is 0 Å². The van der Waals surface area contributed by atoms with Crippen LogP contribution in [0.2, 0.25) is 0 Å². The quantitative estimate of drug-likeness (QED) is 0.753. The summed E-state index contributed by atoms with van der Waals surface area (Å²) in [5, 5.41) is 12.2. The van der Waals surface area contributed by atoms with Gasteiger partial charge in [0.2, 0.25) is 5.91 Å². The minimum absolute atomic E-state index is 0.0277. The Bertz CT molecular complexity index is 532. The van der Waals surface area contributed by atoms with Crippen molar-refractivity contribution in [1.29, 1.82) is 0 Å². The Morgan fingerprint density at radius 3 is 3.11 bits per heavy atom. The molecule has 1 aromatic rings. The summed E-state index contributed by atoms with van der Waals surface area (Å²) >= 11 is 0. The van der Waals surface area contributed by atoms with E-state index < -0.39 is 0 Å². The van der Waals surface area contributed by atoms with Gasteiger partial charge in [0.15, 0.2) is 0 Å². The number of pyridine rings is 1. The van der Waals surface area contributed by atoms with Crippen molar-refractivity contribution in [2.24, 2.45) is 5.92 Å². The van der Waals surface area contributed by atoms with Gasteiger partial charge in [0, 0.05) is 19.3 Å². The highest BCUT2D eigenvalue weighted by Gasteiger charge is 2.42. The predicted octanol–water partition coefficient (Wildman–Crippen LogP) is 0.138. The summed E-state index contributed by atoms with van der Waals surface area (Å²) < 4.78 is 0. The van der Waals surface area contributed by atoms with Crippen LogP contribution in [0, 0.1) is 5.92 Å². The minimum Gasteiger partial charge on any atom is -0.506 e. The Hall–Kier alpha value is -2.11. The van der Waals surface area contributed by atoms with Crippen LogP contribution in [0.25, 0.3) is 0 Å². The first-order valence-corrected chi connectivity index (χ1v) is 6.39. The number of aromatic nitrogens is 1. The van der Waals surface area contributed by atoms with Crippen molar-refractivity contribution >= 4 is 11.8 Å². The molecule has 0 radical (unpaired) electrons. The molecule has 3 rings (SSSR count). The number of hydrogen-bond acceptors (Lipinski definition) is 4. The predicted molar refractivity (Wildman–Crippen MR) is 66.5 cm³/mol. The number of piperidine rings is 1. The molecule has 2 aliphatic heterocycles. The second kappa shape index (κ2) is 4.53. The van der Waals surface area contributed by atoms with E-state index >= 15 is 0 Å². The van der Waals surface area contributed by atoms with E-state index in [-0.39, 0.29) is 29.5 Å². The smallest absolute Gasteiger partial charge is 0.255 e. The molecule has 2 saturated heterocycles. The standard InChI is InChI=1S/C13H15N3O3/c17-9-4-8(5-14-6-9)13(19)16-3-1-2-10-11(16)7-15-12(10)18/h4-6,10-11,17H,1-3,7H2,(H,15,18). The number of carbonyl (C=O) groups excluding carboxylic acids is 2. The summed E-state index contributed by atoms with van der Waals surface area (Å²) in [4.78, 5) is 29.6. The first-order chi connectivity index (χ1) is 9.16. The molecule has 19 heavy (non-hydrogen) atoms. The average molecular weight is 261 g/mol. The molecule has 0 bridgehead atoms. The first kappa shape index (κ1) is 12.0. The lowest BCUT2D eigenvalue weighted by Crippen LogP contribution is -2.48. The van der Waals surface area contributed by atoms with E-state index in [0.29, 0.717) is 18.7 Å². The minimum atomic E-state index is -0.172. The zero-order valence-electron chi connectivity index (χ0n) is 10.4. The van der Waals surface area contributed by atoms with Gasteiger partial charge in [-0.3, -0.25) is 14.6 Å². The highest BCUT2D eigenvalue weighted by Crippen LogP contribution is 2.28. The van der Waals surface area contributed by atoms with E-state index in [9.17, 15) is 14.7 Å². The van der Waals surface area contributed by atoms with Crippen molar-refractivity contribution in [2.75, 3.05) is 13.1 Å². The monoisotopic (exact) mass is 261 g/mol. The van der Waals surface area contributed by atoms with Gasteiger partial charge in [-0.2, -0.15) is 0 Å². The molecule has 100 valence electrons. The molecule has 2 fully saturated rings. The summed E-state index contributed by atoms with van der Waals surface area (Å²) in [6, 6.07) is 1.33. The third kappa shape index (κ3) is 2.03. The third-order valence-corrected chi connectivity index (χ3v) is 3.83. The van der Waals surface area contributed by atoms with Gasteiger partial charge >= 0.3 is 0 Å². The molecule has 2 aliphatic rings. The van der Waals surface area contributed by atoms with Crippen molar-refractivity contribution in [3.63, 3.8) is 0 Å². The maximum atomic E-state index is 12.4. The third-order valence-electron chi connectivity index (χ3n) is 3.83. The van der Waals surface area contributed by atoms with Crippen LogP contribution in [0.5, 0.6) is 5.75 Å². The molecule has 0 aliphatic carbocycles. The van der Waals surface area contributed by atoms with Gasteiger partial charge < -0.3 is 15.3 Å². The zero-order chi connectivity index (χ0) is 13.4. The first-order valence-electron chi connectivity index (χ1n) is 6.39. The lowest BCUT2D eigenvalue weighted by atomic mass is 9.91. The van der Waals surface area contributed by atoms with Crippen LogP contribution < -0.4 is 5.32 Å². The molecule has 1 aromatic heterocycles. The van der Waals surface area contributed by atoms with Crippen LogP contribution in [0.4, 0.5) is 0 Å². The number of aromatic hydroxyl groups is 1. The van der Waals surface area contributed by atoms with Crippen molar-refractivity contribution in [3.8, 4) is 5.75 Å². The molecule has 0 spiro atoms. The van der Waals surface area contributed by atoms with Crippen LogP contribution in [-0.2, 0) is 4.79 Å². The SMILES string of the molecule is O=C1NCC2C1CCCN2C(=O)c1cncc(O)c1. The molecule has 2 N–H and O–H groups in total. The van der Waals surface area contributed by atoms with E-state index in [2.05, 4.69) is 10.3 Å². The van der Waals surface area contributed by atoms with Crippen molar-refractivity contribution < 1.29 is 14.7 Å². The van der Waals surface area contributed by atoms with E-state index in [1.807, 2.05) is 0 Å². The maximum absolute atomic E-state index is 12.4. The van der Waals surface area contributed by atoms with Crippen molar-refractivity contribution in [1.82, 2.24) is 15.2 Å². The average Bonchev–Trinajstić information content (AvgIpc) is 2.80. The molecule has 0 saturated carbocycles. The molecule has 3 heterocycles.